The Kier molecular flexibility index (Phi) is 6.65. The first kappa shape index (κ1) is 20.7. The van der Waals surface area contributed by atoms with Gasteiger partial charge in [-0.2, -0.15) is 0 Å². The van der Waals surface area contributed by atoms with E-state index in [-0.39, 0.29) is 11.4 Å². The molecule has 7 heteroatoms. The van der Waals surface area contributed by atoms with Crippen molar-refractivity contribution in [2.75, 3.05) is 53.9 Å². The lowest BCUT2D eigenvalue weighted by Gasteiger charge is -2.46. The van der Waals surface area contributed by atoms with E-state index in [1.165, 1.54) is 25.7 Å². The predicted molar refractivity (Wildman–Crippen MR) is 112 cm³/mol. The van der Waals surface area contributed by atoms with E-state index in [1.807, 2.05) is 11.9 Å². The number of carbonyl (C=O) groups excluding carboxylic acids is 1. The Morgan fingerprint density at radius 3 is 2.61 bits per heavy atom. The third-order valence-corrected chi connectivity index (χ3v) is 6.40. The van der Waals surface area contributed by atoms with Crippen molar-refractivity contribution in [2.45, 2.75) is 38.1 Å². The Hall–Kier alpha value is -2.02. The zero-order valence-corrected chi connectivity index (χ0v) is 17.8. The molecule has 3 rings (SSSR count). The first-order valence-corrected chi connectivity index (χ1v) is 10.4. The van der Waals surface area contributed by atoms with Crippen LogP contribution >= 0.6 is 0 Å². The van der Waals surface area contributed by atoms with Crippen LogP contribution in [-0.4, -0.2) is 86.0 Å². The van der Waals surface area contributed by atoms with Crippen LogP contribution in [0.3, 0.4) is 0 Å². The van der Waals surface area contributed by atoms with Crippen LogP contribution in [0.5, 0.6) is 0 Å². The normalized spacial score (nSPS) is 26.6. The molecule has 2 atom stereocenters. The van der Waals surface area contributed by atoms with E-state index in [9.17, 15) is 4.79 Å². The summed E-state index contributed by atoms with van der Waals surface area (Å²) in [5, 5.41) is 3.64. The third kappa shape index (κ3) is 4.51. The van der Waals surface area contributed by atoms with E-state index in [0.717, 1.165) is 31.5 Å². The van der Waals surface area contributed by atoms with Gasteiger partial charge in [-0.25, -0.2) is 0 Å². The summed E-state index contributed by atoms with van der Waals surface area (Å²) in [4.78, 5) is 23.5. The molecule has 1 amide bonds. The SMILES string of the molecule is CN=C(NCC1(N(C)C)CCCC(C)C1)N1CCN(C(=O)c2ccco2)CC1. The van der Waals surface area contributed by atoms with Gasteiger partial charge in [-0.15, -0.1) is 0 Å². The van der Waals surface area contributed by atoms with Gasteiger partial charge in [0.15, 0.2) is 11.7 Å². The number of guanidine groups is 1. The molecule has 1 aliphatic heterocycles. The van der Waals surface area contributed by atoms with Crippen molar-refractivity contribution in [3.8, 4) is 0 Å². The molecule has 2 unspecified atom stereocenters. The molecule has 0 bridgehead atoms. The molecule has 0 spiro atoms. The van der Waals surface area contributed by atoms with Gasteiger partial charge >= 0.3 is 0 Å². The molecule has 0 radical (unpaired) electrons. The van der Waals surface area contributed by atoms with Gasteiger partial charge in [0.1, 0.15) is 0 Å². The number of nitrogens with one attached hydrogen (secondary N) is 1. The first-order valence-electron chi connectivity index (χ1n) is 10.4. The van der Waals surface area contributed by atoms with Gasteiger partial charge in [-0.3, -0.25) is 9.79 Å². The second-order valence-corrected chi connectivity index (χ2v) is 8.48. The van der Waals surface area contributed by atoms with E-state index in [4.69, 9.17) is 4.42 Å². The highest BCUT2D eigenvalue weighted by atomic mass is 16.3. The number of furan rings is 1. The largest absolute Gasteiger partial charge is 0.459 e. The molecule has 7 nitrogen and oxygen atoms in total. The molecule has 1 aromatic rings. The van der Waals surface area contributed by atoms with Gasteiger partial charge in [0.05, 0.1) is 6.26 Å². The fourth-order valence-corrected chi connectivity index (χ4v) is 4.61. The maximum Gasteiger partial charge on any atom is 0.289 e. The van der Waals surface area contributed by atoms with E-state index in [0.29, 0.717) is 18.8 Å². The van der Waals surface area contributed by atoms with Crippen molar-refractivity contribution >= 4 is 11.9 Å². The number of hydrogen-bond acceptors (Lipinski definition) is 4. The first-order chi connectivity index (χ1) is 13.4. The molecular weight excluding hydrogens is 354 g/mol. The molecule has 0 aromatic carbocycles. The smallest absolute Gasteiger partial charge is 0.289 e. The summed E-state index contributed by atoms with van der Waals surface area (Å²) < 4.78 is 5.25. The van der Waals surface area contributed by atoms with Gasteiger partial charge in [0, 0.05) is 45.3 Å². The van der Waals surface area contributed by atoms with Crippen molar-refractivity contribution in [3.63, 3.8) is 0 Å². The van der Waals surface area contributed by atoms with Crippen LogP contribution in [0.15, 0.2) is 27.8 Å². The minimum absolute atomic E-state index is 0.0321. The van der Waals surface area contributed by atoms with Crippen LogP contribution in [0.2, 0.25) is 0 Å². The molecule has 1 aliphatic carbocycles. The minimum Gasteiger partial charge on any atom is -0.459 e. The Morgan fingerprint density at radius 1 is 1.32 bits per heavy atom. The zero-order valence-electron chi connectivity index (χ0n) is 17.8. The van der Waals surface area contributed by atoms with Crippen LogP contribution in [0.25, 0.3) is 0 Å². The second kappa shape index (κ2) is 8.99. The molecule has 2 aliphatic rings. The Bertz CT molecular complexity index is 664. The minimum atomic E-state index is -0.0321. The lowest BCUT2D eigenvalue weighted by atomic mass is 9.75. The van der Waals surface area contributed by atoms with Crippen molar-refractivity contribution < 1.29 is 9.21 Å². The van der Waals surface area contributed by atoms with Crippen LogP contribution < -0.4 is 5.32 Å². The number of hydrogen-bond donors (Lipinski definition) is 1. The topological polar surface area (TPSA) is 64.3 Å². The van der Waals surface area contributed by atoms with Crippen molar-refractivity contribution in [1.82, 2.24) is 20.0 Å². The Balaban J connectivity index is 1.55. The Labute approximate surface area is 168 Å². The highest BCUT2D eigenvalue weighted by Crippen LogP contribution is 2.35. The van der Waals surface area contributed by atoms with Crippen LogP contribution in [0.1, 0.15) is 43.2 Å². The average Bonchev–Trinajstić information content (AvgIpc) is 3.23. The summed E-state index contributed by atoms with van der Waals surface area (Å²) in [5.74, 6) is 2.08. The Morgan fingerprint density at radius 2 is 2.04 bits per heavy atom. The van der Waals surface area contributed by atoms with E-state index < -0.39 is 0 Å². The number of piperazine rings is 1. The van der Waals surface area contributed by atoms with Crippen LogP contribution in [-0.2, 0) is 0 Å². The van der Waals surface area contributed by atoms with Crippen molar-refractivity contribution in [1.29, 1.82) is 0 Å². The molecule has 2 heterocycles. The lowest BCUT2D eigenvalue weighted by molar-refractivity contribution is 0.0650. The zero-order chi connectivity index (χ0) is 20.1. The van der Waals surface area contributed by atoms with Gasteiger partial charge < -0.3 is 24.4 Å². The summed E-state index contributed by atoms with van der Waals surface area (Å²) >= 11 is 0. The molecule has 28 heavy (non-hydrogen) atoms. The van der Waals surface area contributed by atoms with Crippen LogP contribution in [0.4, 0.5) is 0 Å². The van der Waals surface area contributed by atoms with Gasteiger partial charge in [0.25, 0.3) is 5.91 Å². The molecule has 156 valence electrons. The summed E-state index contributed by atoms with van der Waals surface area (Å²) in [5.41, 5.74) is 0.185. The maximum atomic E-state index is 12.4. The molecule has 1 aromatic heterocycles. The van der Waals surface area contributed by atoms with E-state index in [1.54, 1.807) is 18.4 Å². The predicted octanol–water partition coefficient (Wildman–Crippen LogP) is 2.12. The lowest BCUT2D eigenvalue weighted by Crippen LogP contribution is -2.59. The molecular formula is C21H35N5O2. The number of amides is 1. The van der Waals surface area contributed by atoms with E-state index in [2.05, 4.69) is 41.1 Å². The number of likely N-dealkylation sites (N-methyl/N-ethyl adjacent to an activating group) is 1. The van der Waals surface area contributed by atoms with Gasteiger partial charge in [-0.1, -0.05) is 19.8 Å². The van der Waals surface area contributed by atoms with Gasteiger partial charge in [-0.05, 0) is 45.0 Å². The molecule has 1 N–H and O–H groups in total. The second-order valence-electron chi connectivity index (χ2n) is 8.48. The number of carbonyl (C=O) groups is 1. The summed E-state index contributed by atoms with van der Waals surface area (Å²) in [6.45, 7) is 6.17. The number of nitrogens with zero attached hydrogens (tertiary/aromatic N) is 4. The van der Waals surface area contributed by atoms with Crippen molar-refractivity contribution in [3.05, 3.63) is 24.2 Å². The number of rotatable bonds is 4. The maximum absolute atomic E-state index is 12.4. The highest BCUT2D eigenvalue weighted by molar-refractivity contribution is 5.91. The van der Waals surface area contributed by atoms with Gasteiger partial charge in [0.2, 0.25) is 0 Å². The van der Waals surface area contributed by atoms with E-state index >= 15 is 0 Å². The quantitative estimate of drug-likeness (QED) is 0.631. The monoisotopic (exact) mass is 389 g/mol. The highest BCUT2D eigenvalue weighted by Gasteiger charge is 2.37. The fraction of sp³-hybridized carbons (Fsp3) is 0.714. The standard InChI is InChI=1S/C21H35N5O2/c1-17-7-5-9-21(15-17,24(3)4)16-23-20(22-2)26-12-10-25(11-13-26)19(27)18-8-6-14-28-18/h6,8,14,17H,5,7,9-13,15-16H2,1-4H3,(H,22,23). The molecule has 1 saturated heterocycles. The number of aliphatic imine (C=N–C) groups is 1. The summed E-state index contributed by atoms with van der Waals surface area (Å²) in [6, 6.07) is 3.48. The molecule has 1 saturated carbocycles. The molecule has 2 fully saturated rings. The average molecular weight is 390 g/mol. The van der Waals surface area contributed by atoms with Crippen LogP contribution in [0, 0.1) is 5.92 Å². The fourth-order valence-electron chi connectivity index (χ4n) is 4.61. The van der Waals surface area contributed by atoms with Crippen molar-refractivity contribution in [2.24, 2.45) is 10.9 Å². The summed E-state index contributed by atoms with van der Waals surface area (Å²) in [7, 11) is 6.23. The third-order valence-electron chi connectivity index (χ3n) is 6.40. The summed E-state index contributed by atoms with van der Waals surface area (Å²) in [6.07, 6.45) is 6.60.